The molecule has 1 heterocycles. The molecule has 0 aliphatic carbocycles. The Balaban J connectivity index is 1.97. The first-order chi connectivity index (χ1) is 13.9. The molecular weight excluding hydrogens is 424 g/mol. The number of hydrogen-bond acceptors (Lipinski definition) is 5. The van der Waals surface area contributed by atoms with Gasteiger partial charge in [0.25, 0.3) is 0 Å². The molecule has 0 unspecified atom stereocenters. The molecule has 1 aliphatic rings. The molecule has 1 amide bonds. The number of benzene rings is 2. The molecule has 0 bridgehead atoms. The third-order valence-corrected chi connectivity index (χ3v) is 9.25. The zero-order valence-electron chi connectivity index (χ0n) is 17.5. The van der Waals surface area contributed by atoms with E-state index in [2.05, 4.69) is 0 Å². The van der Waals surface area contributed by atoms with E-state index in [4.69, 9.17) is 0 Å². The van der Waals surface area contributed by atoms with Crippen molar-refractivity contribution < 1.29 is 21.6 Å². The second-order valence-electron chi connectivity index (χ2n) is 8.08. The van der Waals surface area contributed by atoms with Crippen LogP contribution >= 0.6 is 0 Å². The molecule has 7 nitrogen and oxygen atoms in total. The number of carbonyl (C=O) groups excluding carboxylic acids is 1. The number of anilines is 1. The molecule has 0 aromatic heterocycles. The summed E-state index contributed by atoms with van der Waals surface area (Å²) in [7, 11) is -7.60. The number of nitrogens with zero attached hydrogens (tertiary/aromatic N) is 2. The van der Waals surface area contributed by atoms with Gasteiger partial charge < -0.3 is 0 Å². The minimum Gasteiger partial charge on any atom is -0.273 e. The average Bonchev–Trinajstić information content (AvgIpc) is 2.82. The quantitative estimate of drug-likeness (QED) is 0.675. The first-order valence-electron chi connectivity index (χ1n) is 9.62. The van der Waals surface area contributed by atoms with Gasteiger partial charge in [-0.15, -0.1) is 0 Å². The Hall–Kier alpha value is -2.23. The number of amides is 1. The van der Waals surface area contributed by atoms with Gasteiger partial charge in [-0.3, -0.25) is 4.79 Å². The maximum absolute atomic E-state index is 13.2. The third-order valence-electron chi connectivity index (χ3n) is 5.15. The number of sulfonamides is 2. The first kappa shape index (κ1) is 22.5. The van der Waals surface area contributed by atoms with Crippen molar-refractivity contribution in [2.24, 2.45) is 5.41 Å². The fraction of sp³-hybridized carbons (Fsp3) is 0.381. The number of aryl methyl sites for hydroxylation is 1. The van der Waals surface area contributed by atoms with Crippen LogP contribution in [-0.2, 0) is 31.4 Å². The van der Waals surface area contributed by atoms with Gasteiger partial charge in [0.2, 0.25) is 26.0 Å². The van der Waals surface area contributed by atoms with Crippen LogP contribution in [0.25, 0.3) is 0 Å². The predicted molar refractivity (Wildman–Crippen MR) is 116 cm³/mol. The highest BCUT2D eigenvalue weighted by Gasteiger charge is 2.50. The summed E-state index contributed by atoms with van der Waals surface area (Å²) >= 11 is 0. The summed E-state index contributed by atoms with van der Waals surface area (Å²) in [5, 5.41) is 0. The minimum absolute atomic E-state index is 0.0901. The Kier molecular flexibility index (Phi) is 5.83. The average molecular weight is 451 g/mol. The van der Waals surface area contributed by atoms with Gasteiger partial charge in [-0.05, 0) is 50.1 Å². The standard InChI is InChI=1S/C21H26N2O5S2/c1-5-22(14-17-9-7-6-8-10-17)30(27,28)19-12-11-18(13-16(19)2)23-20(24)21(3,4)15-29(23,25)26/h6-13H,5,14-15H2,1-4H3. The molecule has 0 radical (unpaired) electrons. The van der Waals surface area contributed by atoms with Crippen LogP contribution in [0.5, 0.6) is 0 Å². The van der Waals surface area contributed by atoms with Crippen LogP contribution in [-0.4, -0.2) is 39.3 Å². The Morgan fingerprint density at radius 1 is 1.10 bits per heavy atom. The second kappa shape index (κ2) is 7.79. The third kappa shape index (κ3) is 4.01. The molecule has 0 saturated carbocycles. The molecule has 0 N–H and O–H groups in total. The van der Waals surface area contributed by atoms with Gasteiger partial charge in [-0.2, -0.15) is 4.31 Å². The van der Waals surface area contributed by atoms with Crippen LogP contribution < -0.4 is 4.31 Å². The first-order valence-corrected chi connectivity index (χ1v) is 12.7. The number of carbonyl (C=O) groups is 1. The molecule has 9 heteroatoms. The number of hydrogen-bond donors (Lipinski definition) is 0. The summed E-state index contributed by atoms with van der Waals surface area (Å²) < 4.78 is 53.7. The zero-order chi connectivity index (χ0) is 22.3. The summed E-state index contributed by atoms with van der Waals surface area (Å²) in [6, 6.07) is 13.5. The maximum atomic E-state index is 13.2. The highest BCUT2D eigenvalue weighted by Crippen LogP contribution is 2.37. The summed E-state index contributed by atoms with van der Waals surface area (Å²) in [6.45, 7) is 7.05. The van der Waals surface area contributed by atoms with E-state index < -0.39 is 31.4 Å². The maximum Gasteiger partial charge on any atom is 0.247 e. The van der Waals surface area contributed by atoms with E-state index in [0.717, 1.165) is 9.87 Å². The van der Waals surface area contributed by atoms with Gasteiger partial charge in [0.1, 0.15) is 0 Å². The van der Waals surface area contributed by atoms with Crippen LogP contribution in [0.15, 0.2) is 53.4 Å². The van der Waals surface area contributed by atoms with Gasteiger partial charge in [0, 0.05) is 13.1 Å². The Morgan fingerprint density at radius 2 is 1.73 bits per heavy atom. The minimum atomic E-state index is -3.80. The molecule has 2 aromatic rings. The molecular formula is C21H26N2O5S2. The molecule has 0 spiro atoms. The van der Waals surface area contributed by atoms with E-state index in [0.29, 0.717) is 5.56 Å². The molecule has 3 rings (SSSR count). The van der Waals surface area contributed by atoms with Crippen molar-refractivity contribution in [3.8, 4) is 0 Å². The zero-order valence-corrected chi connectivity index (χ0v) is 19.1. The van der Waals surface area contributed by atoms with Crippen molar-refractivity contribution in [3.63, 3.8) is 0 Å². The van der Waals surface area contributed by atoms with Gasteiger partial charge in [0.05, 0.1) is 21.8 Å². The lowest BCUT2D eigenvalue weighted by molar-refractivity contribution is -0.123. The monoisotopic (exact) mass is 450 g/mol. The highest BCUT2D eigenvalue weighted by atomic mass is 32.2. The molecule has 1 saturated heterocycles. The van der Waals surface area contributed by atoms with Crippen molar-refractivity contribution >= 4 is 31.6 Å². The van der Waals surface area contributed by atoms with Crippen LogP contribution in [0.1, 0.15) is 31.9 Å². The lowest BCUT2D eigenvalue weighted by atomic mass is 9.95. The van der Waals surface area contributed by atoms with Gasteiger partial charge in [-0.25, -0.2) is 21.1 Å². The van der Waals surface area contributed by atoms with E-state index in [1.807, 2.05) is 30.3 Å². The van der Waals surface area contributed by atoms with Crippen molar-refractivity contribution in [1.29, 1.82) is 0 Å². The molecule has 162 valence electrons. The largest absolute Gasteiger partial charge is 0.273 e. The van der Waals surface area contributed by atoms with E-state index in [-0.39, 0.29) is 29.4 Å². The van der Waals surface area contributed by atoms with Gasteiger partial charge in [0.15, 0.2) is 0 Å². The van der Waals surface area contributed by atoms with Crippen LogP contribution in [0, 0.1) is 12.3 Å². The lowest BCUT2D eigenvalue weighted by Crippen LogP contribution is -2.33. The van der Waals surface area contributed by atoms with Gasteiger partial charge in [-0.1, -0.05) is 37.3 Å². The van der Waals surface area contributed by atoms with E-state index >= 15 is 0 Å². The lowest BCUT2D eigenvalue weighted by Gasteiger charge is -2.23. The highest BCUT2D eigenvalue weighted by molar-refractivity contribution is 7.94. The summed E-state index contributed by atoms with van der Waals surface area (Å²) in [5.74, 6) is -0.796. The Labute approximate surface area is 178 Å². The Morgan fingerprint density at radius 3 is 2.23 bits per heavy atom. The fourth-order valence-electron chi connectivity index (χ4n) is 3.60. The smallest absolute Gasteiger partial charge is 0.247 e. The van der Waals surface area contributed by atoms with E-state index in [9.17, 15) is 21.6 Å². The normalized spacial score (nSPS) is 18.2. The van der Waals surface area contributed by atoms with Crippen LogP contribution in [0.4, 0.5) is 5.69 Å². The summed E-state index contributed by atoms with van der Waals surface area (Å²) in [4.78, 5) is 12.7. The Bertz CT molecular complexity index is 1170. The summed E-state index contributed by atoms with van der Waals surface area (Å²) in [5.41, 5.74) is 0.389. The molecule has 30 heavy (non-hydrogen) atoms. The van der Waals surface area contributed by atoms with Crippen LogP contribution in [0.2, 0.25) is 0 Å². The SMILES string of the molecule is CCN(Cc1ccccc1)S(=O)(=O)c1ccc(N2C(=O)C(C)(C)CS2(=O)=O)cc1C. The van der Waals surface area contributed by atoms with Crippen molar-refractivity contribution in [2.45, 2.75) is 39.1 Å². The van der Waals surface area contributed by atoms with Crippen LogP contribution in [0.3, 0.4) is 0 Å². The molecule has 1 aliphatic heterocycles. The molecule has 1 fully saturated rings. The van der Waals surface area contributed by atoms with Gasteiger partial charge >= 0.3 is 0 Å². The summed E-state index contributed by atoms with van der Waals surface area (Å²) in [6.07, 6.45) is 0. The van der Waals surface area contributed by atoms with Crippen molar-refractivity contribution in [1.82, 2.24) is 4.31 Å². The van der Waals surface area contributed by atoms with Crippen molar-refractivity contribution in [3.05, 3.63) is 59.7 Å². The number of rotatable bonds is 6. The predicted octanol–water partition coefficient (Wildman–Crippen LogP) is 2.91. The van der Waals surface area contributed by atoms with Crippen molar-refractivity contribution in [2.75, 3.05) is 16.6 Å². The molecule has 0 atom stereocenters. The molecule has 2 aromatic carbocycles. The van der Waals surface area contributed by atoms with E-state index in [1.165, 1.54) is 22.5 Å². The fourth-order valence-corrected chi connectivity index (χ4v) is 7.35. The van der Waals surface area contributed by atoms with E-state index in [1.54, 1.807) is 27.7 Å². The second-order valence-corrected chi connectivity index (χ2v) is 11.8. The topological polar surface area (TPSA) is 91.8 Å².